The molecule has 2 aromatic heterocycles. The Morgan fingerprint density at radius 3 is 2.73 bits per heavy atom. The number of thiophene rings is 1. The van der Waals surface area contributed by atoms with Crippen molar-refractivity contribution in [1.82, 2.24) is 9.97 Å². The van der Waals surface area contributed by atoms with E-state index in [9.17, 15) is 23.1 Å². The molecular weight excluding hydrogens is 456 g/mol. The summed E-state index contributed by atoms with van der Waals surface area (Å²) in [5.41, 5.74) is 5.55. The van der Waals surface area contributed by atoms with Crippen LogP contribution in [0.4, 0.5) is 0 Å². The number of nitrogens with two attached hydrogens (primary N) is 2. The summed E-state index contributed by atoms with van der Waals surface area (Å²) in [7, 11) is -4.23. The van der Waals surface area contributed by atoms with Gasteiger partial charge in [0, 0.05) is 17.7 Å². The highest BCUT2D eigenvalue weighted by Gasteiger charge is 2.46. The van der Waals surface area contributed by atoms with Gasteiger partial charge in [0.05, 0.1) is 34.4 Å². The first-order valence-corrected chi connectivity index (χ1v) is 11.4. The molecule has 0 saturated heterocycles. The second kappa shape index (κ2) is 8.38. The number of ketones is 2. The van der Waals surface area contributed by atoms with E-state index in [2.05, 4.69) is 14.2 Å². The molecule has 0 bridgehead atoms. The molecule has 5 N–H and O–H groups in total. The van der Waals surface area contributed by atoms with Gasteiger partial charge in [0.2, 0.25) is 5.78 Å². The number of aliphatic hydroxyl groups is 1. The quantitative estimate of drug-likeness (QED) is 0.489. The number of hydrogen-bond donors (Lipinski definition) is 3. The topological polar surface area (TPSA) is 176 Å². The van der Waals surface area contributed by atoms with Gasteiger partial charge in [-0.1, -0.05) is 11.6 Å². The molecule has 162 valence electrons. The molecule has 1 aliphatic carbocycles. The van der Waals surface area contributed by atoms with Crippen molar-refractivity contribution in [2.75, 3.05) is 6.61 Å². The van der Waals surface area contributed by atoms with Crippen molar-refractivity contribution < 1.29 is 27.3 Å². The Morgan fingerprint density at radius 1 is 1.43 bits per heavy atom. The van der Waals surface area contributed by atoms with Gasteiger partial charge >= 0.3 is 10.3 Å². The highest BCUT2D eigenvalue weighted by Crippen LogP contribution is 2.41. The second-order valence-corrected chi connectivity index (χ2v) is 10.0. The van der Waals surface area contributed by atoms with Gasteiger partial charge in [-0.2, -0.15) is 8.42 Å². The molecule has 0 unspecified atom stereocenters. The zero-order valence-electron chi connectivity index (χ0n) is 15.7. The van der Waals surface area contributed by atoms with E-state index in [0.29, 0.717) is 5.69 Å². The molecule has 0 amide bonds. The van der Waals surface area contributed by atoms with Gasteiger partial charge in [-0.3, -0.25) is 13.8 Å². The molecule has 1 saturated carbocycles. The van der Waals surface area contributed by atoms with Gasteiger partial charge in [-0.05, 0) is 25.8 Å². The fourth-order valence-corrected chi connectivity index (χ4v) is 5.14. The predicted molar refractivity (Wildman–Crippen MR) is 109 cm³/mol. The van der Waals surface area contributed by atoms with Crippen molar-refractivity contribution in [1.29, 1.82) is 0 Å². The van der Waals surface area contributed by atoms with Crippen LogP contribution in [-0.4, -0.2) is 53.3 Å². The van der Waals surface area contributed by atoms with Crippen LogP contribution in [0, 0.1) is 0 Å². The van der Waals surface area contributed by atoms with Gasteiger partial charge in [0.25, 0.3) is 0 Å². The lowest BCUT2D eigenvalue weighted by Gasteiger charge is -2.26. The molecule has 1 aliphatic rings. The average molecular weight is 475 g/mol. The van der Waals surface area contributed by atoms with E-state index in [1.807, 2.05) is 0 Å². The molecule has 0 spiro atoms. The molecule has 0 aliphatic heterocycles. The SMILES string of the molecule is CC(=O)c1cc(C(=O)c2cncnc2[C@H]2C[C@H](O)[C@](N)(COS(N)(=O)=O)C2)sc1Cl. The van der Waals surface area contributed by atoms with E-state index in [-0.39, 0.29) is 39.0 Å². The summed E-state index contributed by atoms with van der Waals surface area (Å²) in [4.78, 5) is 33.1. The summed E-state index contributed by atoms with van der Waals surface area (Å²) in [5.74, 6) is -1.14. The Hall–Kier alpha value is -1.80. The number of nitrogens with zero attached hydrogens (tertiary/aromatic N) is 2. The molecule has 3 atom stereocenters. The van der Waals surface area contributed by atoms with Gasteiger partial charge < -0.3 is 10.8 Å². The first-order chi connectivity index (χ1) is 13.9. The minimum atomic E-state index is -4.23. The van der Waals surface area contributed by atoms with Crippen LogP contribution in [0.15, 0.2) is 18.6 Å². The molecule has 2 heterocycles. The number of rotatable bonds is 7. The van der Waals surface area contributed by atoms with E-state index in [4.69, 9.17) is 22.5 Å². The summed E-state index contributed by atoms with van der Waals surface area (Å²) >= 11 is 7.03. The fourth-order valence-electron chi connectivity index (χ4n) is 3.43. The Labute approximate surface area is 181 Å². The molecule has 30 heavy (non-hydrogen) atoms. The summed E-state index contributed by atoms with van der Waals surface area (Å²) in [6.45, 7) is 0.837. The van der Waals surface area contributed by atoms with Crippen LogP contribution < -0.4 is 10.9 Å². The van der Waals surface area contributed by atoms with Crippen LogP contribution in [0.3, 0.4) is 0 Å². The second-order valence-electron chi connectivity index (χ2n) is 7.15. The van der Waals surface area contributed by atoms with Crippen molar-refractivity contribution in [3.8, 4) is 0 Å². The third kappa shape index (κ3) is 4.75. The van der Waals surface area contributed by atoms with E-state index >= 15 is 0 Å². The van der Waals surface area contributed by atoms with Crippen molar-refractivity contribution in [3.05, 3.63) is 44.6 Å². The zero-order valence-corrected chi connectivity index (χ0v) is 18.1. The van der Waals surface area contributed by atoms with Gasteiger partial charge in [0.1, 0.15) is 10.7 Å². The maximum absolute atomic E-state index is 13.1. The Morgan fingerprint density at radius 2 is 2.13 bits per heavy atom. The van der Waals surface area contributed by atoms with Crippen molar-refractivity contribution in [3.63, 3.8) is 0 Å². The predicted octanol–water partition coefficient (Wildman–Crippen LogP) is 0.781. The number of halogens is 1. The van der Waals surface area contributed by atoms with Crippen LogP contribution >= 0.6 is 22.9 Å². The van der Waals surface area contributed by atoms with Crippen molar-refractivity contribution >= 4 is 44.8 Å². The Kier molecular flexibility index (Phi) is 6.39. The largest absolute Gasteiger partial charge is 0.391 e. The Bertz CT molecular complexity index is 1110. The minimum absolute atomic E-state index is 0.102. The Balaban J connectivity index is 1.90. The maximum atomic E-state index is 13.1. The lowest BCUT2D eigenvalue weighted by Crippen LogP contribution is -2.51. The van der Waals surface area contributed by atoms with Crippen molar-refractivity contribution in [2.45, 2.75) is 37.3 Å². The molecule has 0 aromatic carbocycles. The van der Waals surface area contributed by atoms with Crippen LogP contribution in [-0.2, 0) is 14.5 Å². The molecule has 13 heteroatoms. The minimum Gasteiger partial charge on any atom is -0.391 e. The normalized spacial score (nSPS) is 24.2. The highest BCUT2D eigenvalue weighted by molar-refractivity contribution is 7.84. The molecule has 3 rings (SSSR count). The smallest absolute Gasteiger partial charge is 0.333 e. The molecule has 2 aromatic rings. The van der Waals surface area contributed by atoms with Gasteiger partial charge in [0.15, 0.2) is 5.78 Å². The first kappa shape index (κ1) is 22.9. The van der Waals surface area contributed by atoms with Crippen LogP contribution in [0.2, 0.25) is 4.34 Å². The number of aromatic nitrogens is 2. The lowest BCUT2D eigenvalue weighted by atomic mass is 9.93. The van der Waals surface area contributed by atoms with E-state index < -0.39 is 40.3 Å². The highest BCUT2D eigenvalue weighted by atomic mass is 35.5. The van der Waals surface area contributed by atoms with Crippen molar-refractivity contribution in [2.24, 2.45) is 10.9 Å². The number of hydrogen-bond acceptors (Lipinski definition) is 10. The third-order valence-corrected chi connectivity index (χ3v) is 6.76. The molecule has 10 nitrogen and oxygen atoms in total. The van der Waals surface area contributed by atoms with Crippen LogP contribution in [0.5, 0.6) is 0 Å². The summed E-state index contributed by atoms with van der Waals surface area (Å²) in [6, 6.07) is 1.42. The number of aliphatic hydroxyl groups excluding tert-OH is 1. The number of carbonyl (C=O) groups excluding carboxylic acids is 2. The van der Waals surface area contributed by atoms with Crippen LogP contribution in [0.1, 0.15) is 57.0 Å². The standard InChI is InChI=1S/C17H19ClN4O6S2/c1-8(23)10-3-12(29-16(10)18)15(25)11-5-21-7-22-14(11)9-2-13(24)17(19,4-9)6-28-30(20,26)27/h3,5,7,9,13,24H,2,4,6,19H2,1H3,(H2,20,26,27)/t9-,13-,17+/m0/s1. The van der Waals surface area contributed by atoms with E-state index in [1.54, 1.807) is 0 Å². The average Bonchev–Trinajstić information content (AvgIpc) is 3.20. The van der Waals surface area contributed by atoms with Gasteiger partial charge in [-0.15, -0.1) is 11.3 Å². The van der Waals surface area contributed by atoms with E-state index in [0.717, 1.165) is 11.3 Å². The summed E-state index contributed by atoms with van der Waals surface area (Å²) in [6.07, 6.45) is 1.73. The number of Topliss-reactive ketones (excluding diaryl/α,β-unsaturated/α-hetero) is 1. The summed E-state index contributed by atoms with van der Waals surface area (Å²) in [5, 5.41) is 15.2. The fraction of sp³-hybridized carbons (Fsp3) is 0.412. The zero-order chi connectivity index (χ0) is 22.3. The molecule has 1 fully saturated rings. The van der Waals surface area contributed by atoms with Gasteiger partial charge in [-0.25, -0.2) is 15.1 Å². The molecular formula is C17H19ClN4O6S2. The maximum Gasteiger partial charge on any atom is 0.333 e. The molecule has 0 radical (unpaired) electrons. The van der Waals surface area contributed by atoms with Crippen LogP contribution in [0.25, 0.3) is 0 Å². The summed E-state index contributed by atoms with van der Waals surface area (Å²) < 4.78 is 27.0. The first-order valence-electron chi connectivity index (χ1n) is 8.70. The lowest BCUT2D eigenvalue weighted by molar-refractivity contribution is 0.0765. The third-order valence-electron chi connectivity index (χ3n) is 4.95. The number of carbonyl (C=O) groups is 2. The monoisotopic (exact) mass is 474 g/mol. The van der Waals surface area contributed by atoms with E-state index in [1.165, 1.54) is 25.5 Å².